The second-order valence-electron chi connectivity index (χ2n) is 8.31. The number of carbonyl (C=O) groups is 1. The zero-order chi connectivity index (χ0) is 22.1. The van der Waals surface area contributed by atoms with E-state index in [1.165, 1.54) is 24.0 Å². The van der Waals surface area contributed by atoms with Crippen LogP contribution < -0.4 is 4.74 Å². The van der Waals surface area contributed by atoms with Gasteiger partial charge in [-0.25, -0.2) is 4.39 Å². The minimum Gasteiger partial charge on any atom is -0.493 e. The molecular weight excluding hydrogens is 412 g/mol. The molecule has 3 rings (SSSR count). The normalized spacial score (nSPS) is 23.4. The van der Waals surface area contributed by atoms with Crippen molar-refractivity contribution in [2.75, 3.05) is 26.2 Å². The monoisotopic (exact) mass is 437 g/mol. The van der Waals surface area contributed by atoms with Gasteiger partial charge in [0, 0.05) is 6.07 Å². The molecular formula is C21H25F6NO2. The van der Waals surface area contributed by atoms with Crippen molar-refractivity contribution >= 4 is 5.78 Å². The molecule has 0 amide bonds. The van der Waals surface area contributed by atoms with Crippen LogP contribution in [0.3, 0.4) is 0 Å². The fraction of sp³-hybridized carbons (Fsp3) is 0.667. The minimum atomic E-state index is -5.51. The molecule has 2 atom stereocenters. The van der Waals surface area contributed by atoms with Gasteiger partial charge in [-0.1, -0.05) is 0 Å². The van der Waals surface area contributed by atoms with Gasteiger partial charge in [-0.15, -0.1) is 0 Å². The van der Waals surface area contributed by atoms with Crippen molar-refractivity contribution in [2.45, 2.75) is 44.7 Å². The summed E-state index contributed by atoms with van der Waals surface area (Å²) in [7, 11) is 0. The molecule has 1 heterocycles. The number of piperidine rings is 1. The number of ether oxygens (including phenoxy) is 1. The van der Waals surface area contributed by atoms with E-state index < -0.39 is 24.5 Å². The van der Waals surface area contributed by atoms with Crippen LogP contribution in [0.1, 0.15) is 43.0 Å². The van der Waals surface area contributed by atoms with Crippen LogP contribution in [0.15, 0.2) is 18.2 Å². The second kappa shape index (κ2) is 8.77. The summed E-state index contributed by atoms with van der Waals surface area (Å²) < 4.78 is 82.8. The Balaban J connectivity index is 1.37. The Morgan fingerprint density at radius 3 is 2.40 bits per heavy atom. The van der Waals surface area contributed by atoms with Gasteiger partial charge in [-0.2, -0.15) is 22.0 Å². The zero-order valence-corrected chi connectivity index (χ0v) is 16.7. The highest BCUT2D eigenvalue weighted by molar-refractivity contribution is 5.94. The molecule has 1 saturated carbocycles. The van der Waals surface area contributed by atoms with Gasteiger partial charge in [0.15, 0.2) is 5.78 Å². The van der Waals surface area contributed by atoms with E-state index in [-0.39, 0.29) is 24.4 Å². The molecule has 1 aromatic rings. The molecule has 0 radical (unpaired) electrons. The van der Waals surface area contributed by atoms with E-state index in [4.69, 9.17) is 4.74 Å². The fourth-order valence-electron chi connectivity index (χ4n) is 4.29. The average Bonchev–Trinajstić information content (AvgIpc) is 3.40. The number of hydrogen-bond donors (Lipinski definition) is 0. The zero-order valence-electron chi connectivity index (χ0n) is 16.7. The van der Waals surface area contributed by atoms with Crippen molar-refractivity contribution in [3.63, 3.8) is 0 Å². The van der Waals surface area contributed by atoms with Gasteiger partial charge in [0.1, 0.15) is 11.6 Å². The number of hydrogen-bond acceptors (Lipinski definition) is 3. The molecule has 1 aromatic carbocycles. The van der Waals surface area contributed by atoms with Gasteiger partial charge in [0.25, 0.3) is 0 Å². The highest BCUT2D eigenvalue weighted by atomic mass is 19.4. The quantitative estimate of drug-likeness (QED) is 0.406. The highest BCUT2D eigenvalue weighted by Crippen LogP contribution is 2.50. The van der Waals surface area contributed by atoms with Crippen LogP contribution in [0.5, 0.6) is 5.75 Å². The molecule has 2 fully saturated rings. The molecule has 30 heavy (non-hydrogen) atoms. The summed E-state index contributed by atoms with van der Waals surface area (Å²) >= 11 is 0. The molecule has 168 valence electrons. The lowest BCUT2D eigenvalue weighted by molar-refractivity contribution is -0.287. The van der Waals surface area contributed by atoms with Gasteiger partial charge in [0.2, 0.25) is 0 Å². The SMILES string of the molecule is CC(=O)c1ccc(OCCC2C[C@@H]2C2CCN(CC(F)(F)C(F)(F)F)CC2)cc1F. The Hall–Kier alpha value is -1.77. The topological polar surface area (TPSA) is 29.5 Å². The second-order valence-corrected chi connectivity index (χ2v) is 8.31. The predicted molar refractivity (Wildman–Crippen MR) is 98.3 cm³/mol. The molecule has 1 saturated heterocycles. The summed E-state index contributed by atoms with van der Waals surface area (Å²) in [6.07, 6.45) is -2.51. The molecule has 0 N–H and O–H groups in total. The largest absolute Gasteiger partial charge is 0.493 e. The maximum atomic E-state index is 13.8. The van der Waals surface area contributed by atoms with E-state index in [1.807, 2.05) is 0 Å². The number of nitrogens with zero attached hydrogens (tertiary/aromatic N) is 1. The summed E-state index contributed by atoms with van der Waals surface area (Å²) in [6, 6.07) is 4.13. The smallest absolute Gasteiger partial charge is 0.454 e. The van der Waals surface area contributed by atoms with Crippen LogP contribution in [0.4, 0.5) is 26.3 Å². The van der Waals surface area contributed by atoms with E-state index in [0.717, 1.165) is 12.8 Å². The van der Waals surface area contributed by atoms with Crippen LogP contribution in [0, 0.1) is 23.6 Å². The minimum absolute atomic E-state index is 0.0175. The van der Waals surface area contributed by atoms with Crippen molar-refractivity contribution < 1.29 is 35.9 Å². The molecule has 1 aliphatic carbocycles. The molecule has 2 aliphatic rings. The first-order chi connectivity index (χ1) is 14.0. The van der Waals surface area contributed by atoms with Crippen LogP contribution >= 0.6 is 0 Å². The summed E-state index contributed by atoms with van der Waals surface area (Å²) in [5.41, 5.74) is 0.0175. The predicted octanol–water partition coefficient (Wildman–Crippen LogP) is 5.34. The molecule has 3 nitrogen and oxygen atoms in total. The summed E-state index contributed by atoms with van der Waals surface area (Å²) in [5.74, 6) is -4.09. The number of halogens is 6. The number of alkyl halides is 5. The van der Waals surface area contributed by atoms with Gasteiger partial charge in [-0.3, -0.25) is 9.69 Å². The summed E-state index contributed by atoms with van der Waals surface area (Å²) in [6.45, 7) is 0.912. The van der Waals surface area contributed by atoms with E-state index in [1.54, 1.807) is 6.07 Å². The molecule has 1 unspecified atom stereocenters. The highest BCUT2D eigenvalue weighted by Gasteiger charge is 2.58. The van der Waals surface area contributed by atoms with Gasteiger partial charge < -0.3 is 4.74 Å². The first kappa shape index (κ1) is 22.9. The number of likely N-dealkylation sites (tertiary alicyclic amines) is 1. The lowest BCUT2D eigenvalue weighted by Crippen LogP contribution is -2.49. The lowest BCUT2D eigenvalue weighted by atomic mass is 9.90. The van der Waals surface area contributed by atoms with Crippen LogP contribution in [-0.4, -0.2) is 49.0 Å². The average molecular weight is 437 g/mol. The number of rotatable bonds is 8. The van der Waals surface area contributed by atoms with Gasteiger partial charge in [-0.05, 0) is 75.6 Å². The Labute approximate surface area is 171 Å². The van der Waals surface area contributed by atoms with Crippen molar-refractivity contribution in [3.8, 4) is 5.75 Å². The number of benzene rings is 1. The number of Topliss-reactive ketones (excluding diaryl/α,β-unsaturated/α-hetero) is 1. The van der Waals surface area contributed by atoms with Crippen molar-refractivity contribution in [2.24, 2.45) is 17.8 Å². The van der Waals surface area contributed by atoms with E-state index in [9.17, 15) is 31.1 Å². The van der Waals surface area contributed by atoms with Crippen LogP contribution in [0.25, 0.3) is 0 Å². The third-order valence-corrected chi connectivity index (χ3v) is 6.13. The molecule has 1 aliphatic heterocycles. The van der Waals surface area contributed by atoms with Crippen molar-refractivity contribution in [1.82, 2.24) is 4.90 Å². The van der Waals surface area contributed by atoms with E-state index in [0.29, 0.717) is 43.0 Å². The Kier molecular flexibility index (Phi) is 6.69. The first-order valence-electron chi connectivity index (χ1n) is 10.1. The van der Waals surface area contributed by atoms with Gasteiger partial charge in [0.05, 0.1) is 18.7 Å². The number of carbonyl (C=O) groups excluding carboxylic acids is 1. The Bertz CT molecular complexity index is 758. The lowest BCUT2D eigenvalue weighted by Gasteiger charge is -2.34. The van der Waals surface area contributed by atoms with Crippen LogP contribution in [0.2, 0.25) is 0 Å². The Morgan fingerprint density at radius 2 is 1.83 bits per heavy atom. The van der Waals surface area contributed by atoms with E-state index >= 15 is 0 Å². The molecule has 0 aromatic heterocycles. The molecule has 9 heteroatoms. The summed E-state index contributed by atoms with van der Waals surface area (Å²) in [4.78, 5) is 12.4. The standard InChI is InChI=1S/C21H25F6NO2/c1-13(29)17-3-2-16(11-19(17)22)30-9-6-15-10-18(15)14-4-7-28(8-5-14)12-20(23,24)21(25,26)27/h2-3,11,14-15,18H,4-10,12H2,1H3/t15?,18-/m1/s1. The van der Waals surface area contributed by atoms with Crippen molar-refractivity contribution in [3.05, 3.63) is 29.6 Å². The maximum Gasteiger partial charge on any atom is 0.454 e. The first-order valence-corrected chi connectivity index (χ1v) is 10.1. The third-order valence-electron chi connectivity index (χ3n) is 6.13. The number of ketones is 1. The fourth-order valence-corrected chi connectivity index (χ4v) is 4.29. The van der Waals surface area contributed by atoms with Gasteiger partial charge >= 0.3 is 12.1 Å². The van der Waals surface area contributed by atoms with Crippen LogP contribution in [-0.2, 0) is 0 Å². The summed E-state index contributed by atoms with van der Waals surface area (Å²) in [5, 5.41) is 0. The molecule has 0 spiro atoms. The maximum absolute atomic E-state index is 13.8. The Morgan fingerprint density at radius 1 is 1.17 bits per heavy atom. The van der Waals surface area contributed by atoms with E-state index in [2.05, 4.69) is 0 Å². The molecule has 0 bridgehead atoms. The van der Waals surface area contributed by atoms with Crippen molar-refractivity contribution in [1.29, 1.82) is 0 Å². The third kappa shape index (κ3) is 5.47.